The van der Waals surface area contributed by atoms with E-state index in [0.29, 0.717) is 17.7 Å². The number of carboxylic acids is 1. The maximum Gasteiger partial charge on any atom is 0.336 e. The van der Waals surface area contributed by atoms with Gasteiger partial charge in [-0.05, 0) is 62.7 Å². The third-order valence-electron chi connectivity index (χ3n) is 3.94. The molecule has 4 heteroatoms. The average molecular weight is 321 g/mol. The van der Waals surface area contributed by atoms with Crippen LogP contribution in [-0.4, -0.2) is 22.7 Å². The van der Waals surface area contributed by atoms with E-state index in [2.05, 4.69) is 0 Å². The molecule has 0 aliphatic carbocycles. The Morgan fingerprint density at radius 1 is 1.12 bits per heavy atom. The zero-order valence-electron chi connectivity index (χ0n) is 14.0. The van der Waals surface area contributed by atoms with Crippen LogP contribution in [-0.2, 0) is 0 Å². The molecule has 0 saturated heterocycles. The van der Waals surface area contributed by atoms with Gasteiger partial charge in [0.15, 0.2) is 0 Å². The summed E-state index contributed by atoms with van der Waals surface area (Å²) >= 11 is 0. The van der Waals surface area contributed by atoms with Crippen molar-refractivity contribution in [3.63, 3.8) is 0 Å². The van der Waals surface area contributed by atoms with Gasteiger partial charge in [-0.15, -0.1) is 0 Å². The lowest BCUT2D eigenvalue weighted by atomic mass is 10.00. The molecule has 0 amide bonds. The van der Waals surface area contributed by atoms with Crippen LogP contribution in [0, 0.1) is 13.8 Å². The summed E-state index contributed by atoms with van der Waals surface area (Å²) in [6.45, 7) is 6.45. The predicted molar refractivity (Wildman–Crippen MR) is 94.8 cm³/mol. The van der Waals surface area contributed by atoms with Gasteiger partial charge in [-0.25, -0.2) is 9.78 Å². The molecule has 0 fully saturated rings. The molecule has 1 N–H and O–H groups in total. The Bertz CT molecular complexity index is 914. The first-order valence-electron chi connectivity index (χ1n) is 7.88. The minimum absolute atomic E-state index is 0.274. The number of benzene rings is 2. The number of ether oxygens (including phenoxy) is 1. The van der Waals surface area contributed by atoms with E-state index in [1.807, 2.05) is 57.2 Å². The summed E-state index contributed by atoms with van der Waals surface area (Å²) in [5.74, 6) is -0.160. The molecule has 0 radical (unpaired) electrons. The summed E-state index contributed by atoms with van der Waals surface area (Å²) in [6, 6.07) is 13.1. The molecule has 0 aliphatic heterocycles. The van der Waals surface area contributed by atoms with Gasteiger partial charge in [0, 0.05) is 10.9 Å². The monoisotopic (exact) mass is 321 g/mol. The SMILES string of the molecule is CCOc1ccc(-c2cc(C(=O)O)c3cc(C)cc(C)c3n2)cc1. The van der Waals surface area contributed by atoms with Gasteiger partial charge >= 0.3 is 5.97 Å². The molecule has 122 valence electrons. The first-order valence-corrected chi connectivity index (χ1v) is 7.88. The number of aromatic carboxylic acids is 1. The zero-order valence-corrected chi connectivity index (χ0v) is 14.0. The second-order valence-electron chi connectivity index (χ2n) is 5.80. The van der Waals surface area contributed by atoms with Crippen LogP contribution >= 0.6 is 0 Å². The lowest BCUT2D eigenvalue weighted by Gasteiger charge is -2.11. The number of rotatable bonds is 4. The molecule has 0 bridgehead atoms. The summed E-state index contributed by atoms with van der Waals surface area (Å²) in [7, 11) is 0. The fraction of sp³-hybridized carbons (Fsp3) is 0.200. The van der Waals surface area contributed by atoms with E-state index in [9.17, 15) is 9.90 Å². The van der Waals surface area contributed by atoms with Crippen LogP contribution in [0.25, 0.3) is 22.2 Å². The van der Waals surface area contributed by atoms with Crippen molar-refractivity contribution in [1.29, 1.82) is 0 Å². The third kappa shape index (κ3) is 2.95. The number of aromatic nitrogens is 1. The van der Waals surface area contributed by atoms with Crippen LogP contribution in [0.3, 0.4) is 0 Å². The number of pyridine rings is 1. The summed E-state index contributed by atoms with van der Waals surface area (Å²) in [5, 5.41) is 10.3. The largest absolute Gasteiger partial charge is 0.494 e. The van der Waals surface area contributed by atoms with Crippen LogP contribution in [0.4, 0.5) is 0 Å². The van der Waals surface area contributed by atoms with Crippen molar-refractivity contribution >= 4 is 16.9 Å². The molecule has 1 heterocycles. The third-order valence-corrected chi connectivity index (χ3v) is 3.94. The van der Waals surface area contributed by atoms with Crippen molar-refractivity contribution in [3.05, 3.63) is 59.2 Å². The Balaban J connectivity index is 2.20. The summed E-state index contributed by atoms with van der Waals surface area (Å²) in [6.07, 6.45) is 0. The van der Waals surface area contributed by atoms with E-state index < -0.39 is 5.97 Å². The van der Waals surface area contributed by atoms with Crippen molar-refractivity contribution in [1.82, 2.24) is 4.98 Å². The number of nitrogens with zero attached hydrogens (tertiary/aromatic N) is 1. The Morgan fingerprint density at radius 2 is 1.83 bits per heavy atom. The molecule has 0 spiro atoms. The number of carboxylic acid groups (broad SMARTS) is 1. The highest BCUT2D eigenvalue weighted by molar-refractivity contribution is 6.04. The van der Waals surface area contributed by atoms with Gasteiger partial charge in [0.1, 0.15) is 5.75 Å². The smallest absolute Gasteiger partial charge is 0.336 e. The van der Waals surface area contributed by atoms with Gasteiger partial charge in [0.2, 0.25) is 0 Å². The Labute approximate surface area is 140 Å². The molecule has 1 aromatic heterocycles. The quantitative estimate of drug-likeness (QED) is 0.762. The van der Waals surface area contributed by atoms with E-state index in [1.165, 1.54) is 0 Å². The average Bonchev–Trinajstić information content (AvgIpc) is 2.55. The topological polar surface area (TPSA) is 59.4 Å². The van der Waals surface area contributed by atoms with E-state index >= 15 is 0 Å². The molecule has 24 heavy (non-hydrogen) atoms. The van der Waals surface area contributed by atoms with Gasteiger partial charge in [0.05, 0.1) is 23.4 Å². The second-order valence-corrected chi connectivity index (χ2v) is 5.80. The van der Waals surface area contributed by atoms with E-state index in [0.717, 1.165) is 28.0 Å². The lowest BCUT2D eigenvalue weighted by molar-refractivity contribution is 0.0699. The summed E-state index contributed by atoms with van der Waals surface area (Å²) < 4.78 is 5.45. The van der Waals surface area contributed by atoms with Gasteiger partial charge in [-0.3, -0.25) is 0 Å². The zero-order chi connectivity index (χ0) is 17.3. The van der Waals surface area contributed by atoms with E-state index in [4.69, 9.17) is 9.72 Å². The molecular weight excluding hydrogens is 302 g/mol. The Hall–Kier alpha value is -2.88. The summed E-state index contributed by atoms with van der Waals surface area (Å²) in [5.41, 5.74) is 4.51. The fourth-order valence-corrected chi connectivity index (χ4v) is 2.89. The van der Waals surface area contributed by atoms with Crippen LogP contribution in [0.2, 0.25) is 0 Å². The minimum atomic E-state index is -0.945. The molecule has 4 nitrogen and oxygen atoms in total. The van der Waals surface area contributed by atoms with Crippen LogP contribution < -0.4 is 4.74 Å². The molecule has 0 saturated carbocycles. The molecule has 0 aliphatic rings. The molecule has 0 atom stereocenters. The van der Waals surface area contributed by atoms with Gasteiger partial charge in [-0.2, -0.15) is 0 Å². The minimum Gasteiger partial charge on any atom is -0.494 e. The number of hydrogen-bond acceptors (Lipinski definition) is 3. The van der Waals surface area contributed by atoms with Crippen molar-refractivity contribution in [3.8, 4) is 17.0 Å². The summed E-state index contributed by atoms with van der Waals surface area (Å²) in [4.78, 5) is 16.4. The van der Waals surface area contributed by atoms with Crippen LogP contribution in [0.5, 0.6) is 5.75 Å². The van der Waals surface area contributed by atoms with Crippen LogP contribution in [0.1, 0.15) is 28.4 Å². The van der Waals surface area contributed by atoms with Crippen molar-refractivity contribution in [2.45, 2.75) is 20.8 Å². The van der Waals surface area contributed by atoms with E-state index in [-0.39, 0.29) is 5.56 Å². The number of carbonyl (C=O) groups is 1. The van der Waals surface area contributed by atoms with E-state index in [1.54, 1.807) is 6.07 Å². The molecular formula is C20H19NO3. The second kappa shape index (κ2) is 6.32. The Kier molecular flexibility index (Phi) is 4.21. The maximum absolute atomic E-state index is 11.7. The number of hydrogen-bond donors (Lipinski definition) is 1. The molecule has 3 aromatic rings. The van der Waals surface area contributed by atoms with Gasteiger partial charge in [-0.1, -0.05) is 11.6 Å². The standard InChI is InChI=1S/C20H19NO3/c1-4-24-15-7-5-14(6-8-15)18-11-17(20(22)23)16-10-12(2)9-13(3)19(16)21-18/h5-11H,4H2,1-3H3,(H,22,23). The number of aryl methyl sites for hydroxylation is 2. The lowest BCUT2D eigenvalue weighted by Crippen LogP contribution is -2.01. The van der Waals surface area contributed by atoms with Crippen LogP contribution in [0.15, 0.2) is 42.5 Å². The van der Waals surface area contributed by atoms with Gasteiger partial charge < -0.3 is 9.84 Å². The molecule has 3 rings (SSSR count). The highest BCUT2D eigenvalue weighted by Crippen LogP contribution is 2.28. The normalized spacial score (nSPS) is 10.8. The number of fused-ring (bicyclic) bond motifs is 1. The highest BCUT2D eigenvalue weighted by Gasteiger charge is 2.15. The fourth-order valence-electron chi connectivity index (χ4n) is 2.89. The first-order chi connectivity index (χ1) is 11.5. The highest BCUT2D eigenvalue weighted by atomic mass is 16.5. The van der Waals surface area contributed by atoms with Crippen molar-refractivity contribution in [2.24, 2.45) is 0 Å². The maximum atomic E-state index is 11.7. The Morgan fingerprint density at radius 3 is 2.46 bits per heavy atom. The van der Waals surface area contributed by atoms with Crippen molar-refractivity contribution in [2.75, 3.05) is 6.61 Å². The first kappa shape index (κ1) is 16.0. The van der Waals surface area contributed by atoms with Gasteiger partial charge in [0.25, 0.3) is 0 Å². The van der Waals surface area contributed by atoms with Crippen molar-refractivity contribution < 1.29 is 14.6 Å². The molecule has 2 aromatic carbocycles. The molecule has 0 unspecified atom stereocenters. The predicted octanol–water partition coefficient (Wildman–Crippen LogP) is 4.62.